The molecule has 0 aromatic carbocycles. The fourth-order valence-electron chi connectivity index (χ4n) is 3.98. The van der Waals surface area contributed by atoms with E-state index >= 15 is 0 Å². The molecule has 9 nitrogen and oxygen atoms in total. The Kier molecular flexibility index (Phi) is 6.13. The predicted molar refractivity (Wildman–Crippen MR) is 118 cm³/mol. The number of nitrogens with one attached hydrogen (secondary N) is 2. The topological polar surface area (TPSA) is 115 Å². The number of ketones is 1. The Morgan fingerprint density at radius 1 is 1.26 bits per heavy atom. The Balaban J connectivity index is 1.88. The quantitative estimate of drug-likeness (QED) is 0.560. The van der Waals surface area contributed by atoms with Crippen LogP contribution in [0, 0.1) is 0 Å². The Hall–Kier alpha value is -3.07. The summed E-state index contributed by atoms with van der Waals surface area (Å²) in [5.41, 5.74) is 2.50. The summed E-state index contributed by atoms with van der Waals surface area (Å²) in [4.78, 5) is 36.8. The van der Waals surface area contributed by atoms with E-state index in [4.69, 9.17) is 9.72 Å². The van der Waals surface area contributed by atoms with Gasteiger partial charge in [0.2, 0.25) is 5.88 Å². The van der Waals surface area contributed by atoms with Gasteiger partial charge in [-0.2, -0.15) is 5.10 Å². The molecule has 2 N–H and O–H groups in total. The highest BCUT2D eigenvalue weighted by molar-refractivity contribution is 5.95. The molecule has 0 bridgehead atoms. The van der Waals surface area contributed by atoms with E-state index in [-0.39, 0.29) is 17.4 Å². The molecule has 0 atom stereocenters. The molecular weight excluding hydrogens is 396 g/mol. The first-order valence-electron chi connectivity index (χ1n) is 10.9. The average molecular weight is 425 g/mol. The van der Waals surface area contributed by atoms with Crippen LogP contribution in [0.4, 0.5) is 0 Å². The van der Waals surface area contributed by atoms with Gasteiger partial charge in [-0.3, -0.25) is 14.3 Å². The van der Waals surface area contributed by atoms with Crippen LogP contribution in [0.3, 0.4) is 0 Å². The maximum atomic E-state index is 13.0. The number of Topliss-reactive ketones (excluding diaryl/α,β-unsaturated/α-hetero) is 1. The van der Waals surface area contributed by atoms with Crippen LogP contribution in [0.1, 0.15) is 62.1 Å². The summed E-state index contributed by atoms with van der Waals surface area (Å²) < 4.78 is 7.75. The third-order valence-corrected chi connectivity index (χ3v) is 5.60. The van der Waals surface area contributed by atoms with Gasteiger partial charge >= 0.3 is 0 Å². The highest BCUT2D eigenvalue weighted by atomic mass is 16.5. The number of carbonyl (C=O) groups is 1. The first kappa shape index (κ1) is 21.2. The highest BCUT2D eigenvalue weighted by Crippen LogP contribution is 2.29. The van der Waals surface area contributed by atoms with E-state index in [0.29, 0.717) is 46.9 Å². The Labute approximate surface area is 180 Å². The van der Waals surface area contributed by atoms with E-state index < -0.39 is 0 Å². The number of aromatic amines is 1. The van der Waals surface area contributed by atoms with Gasteiger partial charge in [-0.15, -0.1) is 0 Å². The summed E-state index contributed by atoms with van der Waals surface area (Å²) in [6.45, 7) is 7.86. The van der Waals surface area contributed by atoms with Crippen molar-refractivity contribution in [2.24, 2.45) is 0 Å². The number of ether oxygens (including phenoxy) is 1. The van der Waals surface area contributed by atoms with Crippen molar-refractivity contribution in [1.29, 1.82) is 0 Å². The number of fused-ring (bicyclic) bond motifs is 1. The second-order valence-corrected chi connectivity index (χ2v) is 7.82. The number of carbonyl (C=O) groups excluding carboxylic acids is 1. The van der Waals surface area contributed by atoms with Crippen molar-refractivity contribution >= 4 is 16.8 Å². The third kappa shape index (κ3) is 4.10. The SMILES string of the molecule is CCCOc1ncc(C(C)=O)cc1-c1nc2c(CC)n(C3CCNCC3)nc2c(=O)[nH]1. The summed E-state index contributed by atoms with van der Waals surface area (Å²) in [5.74, 6) is 0.559. The number of aromatic nitrogens is 5. The first-order valence-corrected chi connectivity index (χ1v) is 10.9. The largest absolute Gasteiger partial charge is 0.477 e. The smallest absolute Gasteiger partial charge is 0.279 e. The van der Waals surface area contributed by atoms with Gasteiger partial charge in [0.05, 0.1) is 23.9 Å². The molecular formula is C22H28N6O3. The minimum atomic E-state index is -0.308. The molecule has 0 radical (unpaired) electrons. The van der Waals surface area contributed by atoms with E-state index in [1.165, 1.54) is 13.1 Å². The zero-order valence-corrected chi connectivity index (χ0v) is 18.2. The molecule has 4 rings (SSSR count). The van der Waals surface area contributed by atoms with E-state index in [2.05, 4.69) is 20.4 Å². The van der Waals surface area contributed by atoms with Crippen LogP contribution in [-0.2, 0) is 6.42 Å². The fourth-order valence-corrected chi connectivity index (χ4v) is 3.98. The maximum Gasteiger partial charge on any atom is 0.279 e. The summed E-state index contributed by atoms with van der Waals surface area (Å²) in [7, 11) is 0. The molecule has 1 aliphatic rings. The van der Waals surface area contributed by atoms with Crippen molar-refractivity contribution in [2.75, 3.05) is 19.7 Å². The van der Waals surface area contributed by atoms with Crippen LogP contribution in [0.5, 0.6) is 5.88 Å². The predicted octanol–water partition coefficient (Wildman–Crippen LogP) is 2.66. The molecule has 3 aromatic rings. The lowest BCUT2D eigenvalue weighted by atomic mass is 10.1. The summed E-state index contributed by atoms with van der Waals surface area (Å²) in [6, 6.07) is 1.92. The molecule has 4 heterocycles. The molecule has 0 aliphatic carbocycles. The van der Waals surface area contributed by atoms with Crippen molar-refractivity contribution < 1.29 is 9.53 Å². The molecule has 1 saturated heterocycles. The van der Waals surface area contributed by atoms with Crippen molar-refractivity contribution in [1.82, 2.24) is 30.0 Å². The van der Waals surface area contributed by atoms with Crippen molar-refractivity contribution in [2.45, 2.75) is 52.5 Å². The van der Waals surface area contributed by atoms with Gasteiger partial charge in [-0.05, 0) is 51.8 Å². The second kappa shape index (κ2) is 8.97. The summed E-state index contributed by atoms with van der Waals surface area (Å²) in [6.07, 6.45) is 4.93. The Morgan fingerprint density at radius 3 is 2.71 bits per heavy atom. The maximum absolute atomic E-state index is 13.0. The lowest BCUT2D eigenvalue weighted by Crippen LogP contribution is -2.30. The van der Waals surface area contributed by atoms with E-state index in [1.54, 1.807) is 6.07 Å². The molecule has 0 unspecified atom stereocenters. The normalized spacial score (nSPS) is 14.8. The number of nitrogens with zero attached hydrogens (tertiary/aromatic N) is 4. The number of pyridine rings is 1. The molecule has 9 heteroatoms. The lowest BCUT2D eigenvalue weighted by Gasteiger charge is -2.24. The van der Waals surface area contributed by atoms with Gasteiger partial charge in [0.1, 0.15) is 11.3 Å². The molecule has 31 heavy (non-hydrogen) atoms. The fraction of sp³-hybridized carbons (Fsp3) is 0.500. The van der Waals surface area contributed by atoms with Crippen LogP contribution < -0.4 is 15.6 Å². The van der Waals surface area contributed by atoms with Crippen molar-refractivity contribution in [3.63, 3.8) is 0 Å². The Bertz CT molecular complexity index is 1160. The molecule has 1 fully saturated rings. The molecule has 1 aliphatic heterocycles. The zero-order chi connectivity index (χ0) is 22.0. The zero-order valence-electron chi connectivity index (χ0n) is 18.2. The lowest BCUT2D eigenvalue weighted by molar-refractivity contribution is 0.101. The number of aryl methyl sites for hydroxylation is 1. The molecule has 0 amide bonds. The second-order valence-electron chi connectivity index (χ2n) is 7.82. The Morgan fingerprint density at radius 2 is 2.03 bits per heavy atom. The minimum Gasteiger partial charge on any atom is -0.477 e. The number of piperidine rings is 1. The van der Waals surface area contributed by atoms with Crippen LogP contribution in [0.25, 0.3) is 22.4 Å². The first-order chi connectivity index (χ1) is 15.0. The molecule has 0 saturated carbocycles. The van der Waals surface area contributed by atoms with Crippen LogP contribution in [0.2, 0.25) is 0 Å². The number of hydrogen-bond acceptors (Lipinski definition) is 7. The van der Waals surface area contributed by atoms with Crippen LogP contribution in [-0.4, -0.2) is 50.2 Å². The van der Waals surface area contributed by atoms with E-state index in [0.717, 1.165) is 38.0 Å². The summed E-state index contributed by atoms with van der Waals surface area (Å²) in [5, 5.41) is 8.00. The number of hydrogen-bond donors (Lipinski definition) is 2. The van der Waals surface area contributed by atoms with Gasteiger partial charge in [-0.25, -0.2) is 9.97 Å². The van der Waals surface area contributed by atoms with Gasteiger partial charge in [-0.1, -0.05) is 13.8 Å². The van der Waals surface area contributed by atoms with Gasteiger partial charge in [0.15, 0.2) is 11.3 Å². The van der Waals surface area contributed by atoms with E-state index in [9.17, 15) is 9.59 Å². The number of H-pyrrole nitrogens is 1. The van der Waals surface area contributed by atoms with Crippen molar-refractivity contribution in [3.8, 4) is 17.3 Å². The highest BCUT2D eigenvalue weighted by Gasteiger charge is 2.24. The third-order valence-electron chi connectivity index (χ3n) is 5.60. The van der Waals surface area contributed by atoms with Crippen molar-refractivity contribution in [3.05, 3.63) is 33.9 Å². The van der Waals surface area contributed by atoms with Crippen LogP contribution >= 0.6 is 0 Å². The minimum absolute atomic E-state index is 0.118. The van der Waals surface area contributed by atoms with Gasteiger partial charge < -0.3 is 15.0 Å². The molecule has 3 aromatic heterocycles. The standard InChI is InChI=1S/C22H28N6O3/c1-4-10-31-22-16(11-14(12-24-22)13(3)29)20-25-18-17(5-2)28(15-6-8-23-9-7-15)27-19(18)21(30)26-20/h11-12,15,23H,4-10H2,1-3H3,(H,25,26,30). The summed E-state index contributed by atoms with van der Waals surface area (Å²) >= 11 is 0. The molecule has 0 spiro atoms. The average Bonchev–Trinajstić information content (AvgIpc) is 3.17. The van der Waals surface area contributed by atoms with Gasteiger partial charge in [0, 0.05) is 11.8 Å². The number of rotatable bonds is 7. The van der Waals surface area contributed by atoms with E-state index in [1.807, 2.05) is 18.5 Å². The van der Waals surface area contributed by atoms with Crippen LogP contribution in [0.15, 0.2) is 17.1 Å². The molecule has 164 valence electrons. The monoisotopic (exact) mass is 424 g/mol. The van der Waals surface area contributed by atoms with Gasteiger partial charge in [0.25, 0.3) is 5.56 Å².